The van der Waals surface area contributed by atoms with Crippen LogP contribution < -0.4 is 16.6 Å². The van der Waals surface area contributed by atoms with Crippen LogP contribution in [0.3, 0.4) is 0 Å². The number of benzene rings is 1. The third kappa shape index (κ3) is 3.48. The smallest absolute Gasteiger partial charge is 0.332 e. The van der Waals surface area contributed by atoms with Crippen molar-refractivity contribution >= 4 is 28.5 Å². The summed E-state index contributed by atoms with van der Waals surface area (Å²) in [7, 11) is 4.52. The highest BCUT2D eigenvalue weighted by Crippen LogP contribution is 2.17. The molecule has 0 saturated heterocycles. The number of hydrogen-bond donors (Lipinski definition) is 1. The first kappa shape index (κ1) is 19.9. The van der Waals surface area contributed by atoms with Gasteiger partial charge in [-0.25, -0.2) is 4.79 Å². The van der Waals surface area contributed by atoms with Gasteiger partial charge in [0.1, 0.15) is 11.3 Å². The van der Waals surface area contributed by atoms with Crippen LogP contribution in [0.4, 0.5) is 0 Å². The lowest BCUT2D eigenvalue weighted by Crippen LogP contribution is -2.37. The fourth-order valence-corrected chi connectivity index (χ4v) is 3.35. The molecule has 1 aromatic carbocycles. The van der Waals surface area contributed by atoms with Crippen LogP contribution in [0.2, 0.25) is 5.02 Å². The van der Waals surface area contributed by atoms with Gasteiger partial charge >= 0.3 is 5.69 Å². The van der Waals surface area contributed by atoms with Crippen molar-refractivity contribution in [1.29, 1.82) is 0 Å². The minimum Gasteiger partial charge on any atom is -0.383 e. The molecule has 0 aliphatic rings. The Labute approximate surface area is 165 Å². The van der Waals surface area contributed by atoms with E-state index >= 15 is 0 Å². The molecule has 0 aliphatic heterocycles. The largest absolute Gasteiger partial charge is 0.383 e. The summed E-state index contributed by atoms with van der Waals surface area (Å²) in [6, 6.07) is 8.73. The number of nitrogens with zero attached hydrogens (tertiary/aromatic N) is 3. The number of aryl methyl sites for hydroxylation is 1. The van der Waals surface area contributed by atoms with Gasteiger partial charge in [0.15, 0.2) is 0 Å². The van der Waals surface area contributed by atoms with Crippen LogP contribution in [0.5, 0.6) is 0 Å². The maximum atomic E-state index is 12.9. The topological polar surface area (TPSA) is 87.3 Å². The average Bonchev–Trinajstić information content (AvgIpc) is 3.08. The quantitative estimate of drug-likeness (QED) is 0.670. The molecule has 1 amide bonds. The molecule has 3 aromatic rings. The molecule has 8 nitrogen and oxygen atoms in total. The Balaban J connectivity index is 2.06. The Bertz CT molecular complexity index is 1160. The lowest BCUT2D eigenvalue weighted by atomic mass is 10.2. The van der Waals surface area contributed by atoms with Gasteiger partial charge in [-0.1, -0.05) is 29.8 Å². The summed E-state index contributed by atoms with van der Waals surface area (Å²) in [6.07, 6.45) is 0. The zero-order valence-electron chi connectivity index (χ0n) is 15.9. The first-order valence-corrected chi connectivity index (χ1v) is 9.04. The lowest BCUT2D eigenvalue weighted by molar-refractivity contribution is 0.0939. The molecule has 0 spiro atoms. The predicted octanol–water partition coefficient (Wildman–Crippen LogP) is 1.27. The zero-order chi connectivity index (χ0) is 20.4. The molecule has 0 atom stereocenters. The van der Waals surface area contributed by atoms with Crippen LogP contribution in [0.15, 0.2) is 39.9 Å². The van der Waals surface area contributed by atoms with Crippen molar-refractivity contribution < 1.29 is 9.53 Å². The van der Waals surface area contributed by atoms with E-state index in [9.17, 15) is 14.4 Å². The Morgan fingerprint density at radius 1 is 1.18 bits per heavy atom. The number of amides is 1. The van der Waals surface area contributed by atoms with E-state index in [-0.39, 0.29) is 18.1 Å². The highest BCUT2D eigenvalue weighted by Gasteiger charge is 2.21. The molecule has 148 valence electrons. The van der Waals surface area contributed by atoms with Gasteiger partial charge in [-0.05, 0) is 17.7 Å². The maximum Gasteiger partial charge on any atom is 0.332 e. The molecule has 9 heteroatoms. The number of rotatable bonds is 6. The molecule has 0 aliphatic carbocycles. The first-order valence-electron chi connectivity index (χ1n) is 8.66. The predicted molar refractivity (Wildman–Crippen MR) is 107 cm³/mol. The molecule has 0 unspecified atom stereocenters. The van der Waals surface area contributed by atoms with Crippen molar-refractivity contribution in [3.63, 3.8) is 0 Å². The molecule has 0 bridgehead atoms. The minimum atomic E-state index is -0.461. The number of nitrogens with one attached hydrogen (secondary N) is 1. The number of methoxy groups -OCH3 is 1. The van der Waals surface area contributed by atoms with Crippen molar-refractivity contribution in [2.24, 2.45) is 14.1 Å². The second kappa shape index (κ2) is 8.04. The van der Waals surface area contributed by atoms with E-state index in [1.54, 1.807) is 24.8 Å². The number of fused-ring (bicyclic) bond motifs is 1. The fourth-order valence-electron chi connectivity index (χ4n) is 3.15. The Morgan fingerprint density at radius 3 is 2.57 bits per heavy atom. The van der Waals surface area contributed by atoms with Gasteiger partial charge in [0.05, 0.1) is 12.0 Å². The zero-order valence-corrected chi connectivity index (χ0v) is 16.6. The molecule has 2 aromatic heterocycles. The van der Waals surface area contributed by atoms with E-state index in [1.165, 1.54) is 17.7 Å². The van der Waals surface area contributed by atoms with E-state index in [2.05, 4.69) is 5.32 Å². The summed E-state index contributed by atoms with van der Waals surface area (Å²) < 4.78 is 9.14. The summed E-state index contributed by atoms with van der Waals surface area (Å²) >= 11 is 6.14. The highest BCUT2D eigenvalue weighted by molar-refractivity contribution is 6.31. The molecule has 0 saturated carbocycles. The fraction of sp³-hybridized carbons (Fsp3) is 0.316. The third-order valence-electron chi connectivity index (χ3n) is 4.64. The van der Waals surface area contributed by atoms with Crippen LogP contribution in [0.25, 0.3) is 11.0 Å². The van der Waals surface area contributed by atoms with E-state index in [1.807, 2.05) is 18.2 Å². The summed E-state index contributed by atoms with van der Waals surface area (Å²) in [4.78, 5) is 37.7. The molecule has 3 rings (SSSR count). The summed E-state index contributed by atoms with van der Waals surface area (Å²) in [5, 5.41) is 3.67. The second-order valence-electron chi connectivity index (χ2n) is 6.39. The Morgan fingerprint density at radius 2 is 1.89 bits per heavy atom. The first-order chi connectivity index (χ1) is 13.4. The second-order valence-corrected chi connectivity index (χ2v) is 6.80. The number of halogens is 1. The van der Waals surface area contributed by atoms with Gasteiger partial charge in [-0.15, -0.1) is 0 Å². The molecule has 28 heavy (non-hydrogen) atoms. The van der Waals surface area contributed by atoms with Crippen molar-refractivity contribution in [3.8, 4) is 0 Å². The summed E-state index contributed by atoms with van der Waals surface area (Å²) in [5.74, 6) is -0.373. The molecule has 2 heterocycles. The van der Waals surface area contributed by atoms with Gasteiger partial charge in [-0.3, -0.25) is 18.7 Å². The van der Waals surface area contributed by atoms with E-state index < -0.39 is 11.2 Å². The maximum absolute atomic E-state index is 12.9. The SMILES string of the molecule is COCCn1c(C(=O)NCc2ccccc2Cl)cc2c(=O)n(C)c(=O)n(C)c21. The molecular weight excluding hydrogens is 384 g/mol. The Kier molecular flexibility index (Phi) is 5.71. The van der Waals surface area contributed by atoms with Crippen molar-refractivity contribution in [3.05, 3.63) is 67.4 Å². The lowest BCUT2D eigenvalue weighted by Gasteiger charge is -2.13. The Hall–Kier alpha value is -2.84. The number of carbonyl (C=O) groups excluding carboxylic acids is 1. The van der Waals surface area contributed by atoms with Gasteiger partial charge in [0.25, 0.3) is 11.5 Å². The van der Waals surface area contributed by atoms with Crippen molar-refractivity contribution in [2.75, 3.05) is 13.7 Å². The summed E-state index contributed by atoms with van der Waals surface area (Å²) in [5.41, 5.74) is 0.526. The standard InChI is InChI=1S/C19H21ClN4O4/c1-22-17-13(18(26)23(2)19(22)27)10-15(24(17)8-9-28-3)16(25)21-11-12-6-4-5-7-14(12)20/h4-7,10H,8-9,11H2,1-3H3,(H,21,25). The number of ether oxygens (including phenoxy) is 1. The van der Waals surface area contributed by atoms with Crippen LogP contribution >= 0.6 is 11.6 Å². The van der Waals surface area contributed by atoms with Crippen LogP contribution in [-0.2, 0) is 31.9 Å². The molecular formula is C19H21ClN4O4. The van der Waals surface area contributed by atoms with Crippen molar-refractivity contribution in [2.45, 2.75) is 13.1 Å². The number of hydrogen-bond acceptors (Lipinski definition) is 4. The molecule has 0 radical (unpaired) electrons. The average molecular weight is 405 g/mol. The van der Waals surface area contributed by atoms with Crippen LogP contribution in [0, 0.1) is 0 Å². The molecule has 1 N–H and O–H groups in total. The van der Waals surface area contributed by atoms with Gasteiger partial charge < -0.3 is 14.6 Å². The number of aromatic nitrogens is 3. The van der Waals surface area contributed by atoms with Gasteiger partial charge in [0.2, 0.25) is 0 Å². The monoisotopic (exact) mass is 404 g/mol. The van der Waals surface area contributed by atoms with Gasteiger partial charge in [-0.2, -0.15) is 0 Å². The normalized spacial score (nSPS) is 11.1. The van der Waals surface area contributed by atoms with E-state index in [0.717, 1.165) is 10.1 Å². The van der Waals surface area contributed by atoms with Crippen LogP contribution in [-0.4, -0.2) is 33.3 Å². The van der Waals surface area contributed by atoms with E-state index in [0.29, 0.717) is 29.2 Å². The number of carbonyl (C=O) groups is 1. The van der Waals surface area contributed by atoms with Gasteiger partial charge in [0, 0.05) is 39.3 Å². The van der Waals surface area contributed by atoms with Crippen LogP contribution in [0.1, 0.15) is 16.1 Å². The molecule has 0 fully saturated rings. The summed E-state index contributed by atoms with van der Waals surface area (Å²) in [6.45, 7) is 0.870. The highest BCUT2D eigenvalue weighted by atomic mass is 35.5. The third-order valence-corrected chi connectivity index (χ3v) is 5.01. The van der Waals surface area contributed by atoms with Crippen molar-refractivity contribution in [1.82, 2.24) is 19.0 Å². The minimum absolute atomic E-state index is 0.237. The van der Waals surface area contributed by atoms with E-state index in [4.69, 9.17) is 16.3 Å².